The molecule has 4 saturated carbocycles. The van der Waals surface area contributed by atoms with Gasteiger partial charge in [-0.15, -0.1) is 5.10 Å². The van der Waals surface area contributed by atoms with Gasteiger partial charge in [-0.2, -0.15) is 0 Å². The minimum absolute atomic E-state index is 0.0213. The summed E-state index contributed by atoms with van der Waals surface area (Å²) in [6.45, 7) is 1.77. The van der Waals surface area contributed by atoms with Gasteiger partial charge >= 0.3 is 0 Å². The summed E-state index contributed by atoms with van der Waals surface area (Å²) in [6.07, 6.45) is 7.17. The number of hydrogen-bond acceptors (Lipinski definition) is 5. The molecule has 146 valence electrons. The average Bonchev–Trinajstić information content (AvgIpc) is 3.02. The van der Waals surface area contributed by atoms with Crippen LogP contribution in [0, 0.1) is 34.8 Å². The van der Waals surface area contributed by atoms with Crippen LogP contribution in [0.3, 0.4) is 0 Å². The van der Waals surface area contributed by atoms with Gasteiger partial charge in [-0.3, -0.25) is 14.9 Å². The molecule has 1 aromatic carbocycles. The van der Waals surface area contributed by atoms with Crippen LogP contribution in [-0.2, 0) is 0 Å². The largest absolute Gasteiger partial charge is 0.345 e. The molecule has 0 saturated heterocycles. The van der Waals surface area contributed by atoms with Gasteiger partial charge in [-0.25, -0.2) is 4.68 Å². The number of non-ortho nitro benzene ring substituents is 1. The second-order valence-corrected chi connectivity index (χ2v) is 8.86. The first-order chi connectivity index (χ1) is 13.4. The smallest absolute Gasteiger partial charge is 0.274 e. The quantitative estimate of drug-likeness (QED) is 0.647. The zero-order chi connectivity index (χ0) is 19.5. The Balaban J connectivity index is 1.40. The molecule has 1 amide bonds. The van der Waals surface area contributed by atoms with Gasteiger partial charge in [-0.05, 0) is 69.3 Å². The van der Waals surface area contributed by atoms with Gasteiger partial charge in [0.2, 0.25) is 0 Å². The van der Waals surface area contributed by atoms with Crippen LogP contribution in [0.5, 0.6) is 0 Å². The molecule has 0 spiro atoms. The standard InChI is InChI=1S/C20H23N5O3/c1-12-18(22-23-24(12)16-3-2-4-17(8-16)25(27)28)19(26)21-20-9-13-5-14(10-20)7-15(6-13)11-20/h2-4,8,13-15H,5-7,9-11H2,1H3,(H,21,26). The Bertz CT molecular complexity index is 931. The number of nitrogens with one attached hydrogen (secondary N) is 1. The lowest BCUT2D eigenvalue weighted by atomic mass is 9.53. The van der Waals surface area contributed by atoms with Crippen molar-refractivity contribution in [1.82, 2.24) is 20.3 Å². The van der Waals surface area contributed by atoms with Gasteiger partial charge < -0.3 is 5.32 Å². The number of nitrogens with zero attached hydrogens (tertiary/aromatic N) is 4. The van der Waals surface area contributed by atoms with Crippen LogP contribution in [-0.4, -0.2) is 31.4 Å². The molecule has 28 heavy (non-hydrogen) atoms. The molecule has 2 aromatic rings. The monoisotopic (exact) mass is 381 g/mol. The fourth-order valence-electron chi connectivity index (χ4n) is 6.09. The van der Waals surface area contributed by atoms with Crippen molar-refractivity contribution in [3.8, 4) is 5.69 Å². The van der Waals surface area contributed by atoms with Crippen molar-refractivity contribution in [1.29, 1.82) is 0 Å². The van der Waals surface area contributed by atoms with Crippen molar-refractivity contribution in [2.45, 2.75) is 51.0 Å². The number of aromatic nitrogens is 3. The second kappa shape index (κ2) is 6.12. The molecule has 1 heterocycles. The third kappa shape index (κ3) is 2.78. The molecule has 0 atom stereocenters. The third-order valence-corrected chi connectivity index (χ3v) is 6.81. The number of nitro groups is 1. The van der Waals surface area contributed by atoms with Crippen LogP contribution < -0.4 is 5.32 Å². The van der Waals surface area contributed by atoms with E-state index in [1.807, 2.05) is 0 Å². The summed E-state index contributed by atoms with van der Waals surface area (Å²) in [6, 6.07) is 6.18. The van der Waals surface area contributed by atoms with Gasteiger partial charge in [0, 0.05) is 17.7 Å². The number of benzene rings is 1. The van der Waals surface area contributed by atoms with E-state index in [0.29, 0.717) is 17.1 Å². The predicted octanol–water partition coefficient (Wildman–Crippen LogP) is 3.18. The summed E-state index contributed by atoms with van der Waals surface area (Å²) in [5.74, 6) is 2.05. The predicted molar refractivity (Wildman–Crippen MR) is 101 cm³/mol. The Morgan fingerprint density at radius 2 is 1.86 bits per heavy atom. The molecular formula is C20H23N5O3. The van der Waals surface area contributed by atoms with E-state index in [1.54, 1.807) is 19.1 Å². The maximum absolute atomic E-state index is 13.0. The van der Waals surface area contributed by atoms with Crippen molar-refractivity contribution >= 4 is 11.6 Å². The minimum Gasteiger partial charge on any atom is -0.345 e. The van der Waals surface area contributed by atoms with Gasteiger partial charge in [0.1, 0.15) is 0 Å². The minimum atomic E-state index is -0.448. The van der Waals surface area contributed by atoms with E-state index in [1.165, 1.54) is 36.1 Å². The number of nitro benzene ring substituents is 1. The van der Waals surface area contributed by atoms with Gasteiger partial charge in [-0.1, -0.05) is 11.3 Å². The third-order valence-electron chi connectivity index (χ3n) is 6.81. The maximum Gasteiger partial charge on any atom is 0.274 e. The van der Waals surface area contributed by atoms with Gasteiger partial charge in [0.05, 0.1) is 16.3 Å². The van der Waals surface area contributed by atoms with Gasteiger partial charge in [0.25, 0.3) is 11.6 Å². The van der Waals surface area contributed by atoms with Crippen LogP contribution in [0.2, 0.25) is 0 Å². The summed E-state index contributed by atoms with van der Waals surface area (Å²) in [4.78, 5) is 23.6. The van der Waals surface area contributed by atoms with Gasteiger partial charge in [0.15, 0.2) is 5.69 Å². The first kappa shape index (κ1) is 17.3. The molecule has 1 N–H and O–H groups in total. The average molecular weight is 381 g/mol. The van der Waals surface area contributed by atoms with Crippen molar-refractivity contribution < 1.29 is 9.72 Å². The van der Waals surface area contributed by atoms with E-state index < -0.39 is 4.92 Å². The molecule has 8 nitrogen and oxygen atoms in total. The van der Waals surface area contributed by atoms with Crippen molar-refractivity contribution in [3.63, 3.8) is 0 Å². The number of rotatable bonds is 4. The summed E-state index contributed by atoms with van der Waals surface area (Å²) in [5.41, 5.74) is 1.29. The van der Waals surface area contributed by atoms with Crippen LogP contribution in [0.4, 0.5) is 5.69 Å². The topological polar surface area (TPSA) is 103 Å². The number of carbonyl (C=O) groups excluding carboxylic acids is 1. The first-order valence-corrected chi connectivity index (χ1v) is 9.92. The molecule has 0 radical (unpaired) electrons. The van der Waals surface area contributed by atoms with Crippen molar-refractivity contribution in [3.05, 3.63) is 45.8 Å². The number of carbonyl (C=O) groups is 1. The first-order valence-electron chi connectivity index (χ1n) is 9.92. The molecule has 0 unspecified atom stereocenters. The fourth-order valence-corrected chi connectivity index (χ4v) is 6.09. The molecule has 6 rings (SSSR count). The lowest BCUT2D eigenvalue weighted by Gasteiger charge is -2.56. The van der Waals surface area contributed by atoms with Crippen LogP contribution >= 0.6 is 0 Å². The molecule has 4 fully saturated rings. The molecule has 4 aliphatic carbocycles. The highest BCUT2D eigenvalue weighted by Gasteiger charge is 2.51. The van der Waals surface area contributed by atoms with E-state index in [4.69, 9.17) is 0 Å². The SMILES string of the molecule is Cc1c(C(=O)NC23CC4CC(CC(C4)C2)C3)nnn1-c1cccc([N+](=O)[O-])c1. The van der Waals surface area contributed by atoms with E-state index in [2.05, 4.69) is 15.6 Å². The van der Waals surface area contributed by atoms with Crippen molar-refractivity contribution in [2.75, 3.05) is 0 Å². The highest BCUT2D eigenvalue weighted by molar-refractivity contribution is 5.93. The molecular weight excluding hydrogens is 358 g/mol. The fraction of sp³-hybridized carbons (Fsp3) is 0.550. The molecule has 4 aliphatic rings. The van der Waals surface area contributed by atoms with E-state index in [-0.39, 0.29) is 17.1 Å². The highest BCUT2D eigenvalue weighted by Crippen LogP contribution is 2.55. The van der Waals surface area contributed by atoms with Crippen molar-refractivity contribution in [2.24, 2.45) is 17.8 Å². The lowest BCUT2D eigenvalue weighted by molar-refractivity contribution is -0.384. The normalized spacial score (nSPS) is 30.4. The summed E-state index contributed by atoms with van der Waals surface area (Å²) >= 11 is 0. The second-order valence-electron chi connectivity index (χ2n) is 8.86. The van der Waals surface area contributed by atoms with E-state index in [9.17, 15) is 14.9 Å². The molecule has 4 bridgehead atoms. The Morgan fingerprint density at radius 1 is 1.21 bits per heavy atom. The van der Waals surface area contributed by atoms with E-state index >= 15 is 0 Å². The van der Waals surface area contributed by atoms with Crippen LogP contribution in [0.25, 0.3) is 5.69 Å². The molecule has 8 heteroatoms. The summed E-state index contributed by atoms with van der Waals surface area (Å²) < 4.78 is 1.49. The Labute approximate surface area is 162 Å². The highest BCUT2D eigenvalue weighted by atomic mass is 16.6. The van der Waals surface area contributed by atoms with Crippen LogP contribution in [0.1, 0.15) is 54.7 Å². The zero-order valence-corrected chi connectivity index (χ0v) is 15.8. The summed E-state index contributed by atoms with van der Waals surface area (Å²) in [7, 11) is 0. The van der Waals surface area contributed by atoms with E-state index in [0.717, 1.165) is 37.0 Å². The lowest BCUT2D eigenvalue weighted by Crippen LogP contribution is -2.59. The van der Waals surface area contributed by atoms with Crippen LogP contribution in [0.15, 0.2) is 24.3 Å². The molecule has 1 aromatic heterocycles. The maximum atomic E-state index is 13.0. The summed E-state index contributed by atoms with van der Waals surface area (Å²) in [5, 5.41) is 22.5. The number of hydrogen-bond donors (Lipinski definition) is 1. The Morgan fingerprint density at radius 3 is 2.46 bits per heavy atom. The molecule has 0 aliphatic heterocycles. The Kier molecular flexibility index (Phi) is 3.79. The Hall–Kier alpha value is -2.77. The number of amides is 1. The zero-order valence-electron chi connectivity index (χ0n) is 15.8.